The summed E-state index contributed by atoms with van der Waals surface area (Å²) in [7, 11) is 0. The second-order valence-electron chi connectivity index (χ2n) is 5.75. The van der Waals surface area contributed by atoms with Gasteiger partial charge in [0, 0.05) is 30.4 Å². The van der Waals surface area contributed by atoms with E-state index in [0.29, 0.717) is 16.8 Å². The van der Waals surface area contributed by atoms with Crippen molar-refractivity contribution >= 4 is 29.1 Å². The Bertz CT molecular complexity index is 929. The normalized spacial score (nSPS) is 11.0. The number of amides is 1. The van der Waals surface area contributed by atoms with E-state index in [1.54, 1.807) is 12.1 Å². The number of hydrogen-bond donors (Lipinski definition) is 3. The van der Waals surface area contributed by atoms with Gasteiger partial charge in [0.25, 0.3) is 5.91 Å². The van der Waals surface area contributed by atoms with Crippen LogP contribution in [0.1, 0.15) is 29.8 Å². The minimum absolute atomic E-state index is 0.111. The monoisotopic (exact) mass is 383 g/mol. The van der Waals surface area contributed by atoms with E-state index in [1.807, 2.05) is 23.6 Å². The SMILES string of the molecule is CCN(CC)c1ccc(/C=N/NC(=O)c2cn[nH]c2-c2cccs2)c(O)c1. The zero-order chi connectivity index (χ0) is 19.2. The first kappa shape index (κ1) is 18.7. The van der Waals surface area contributed by atoms with E-state index in [-0.39, 0.29) is 11.7 Å². The van der Waals surface area contributed by atoms with Crippen molar-refractivity contribution in [2.45, 2.75) is 13.8 Å². The van der Waals surface area contributed by atoms with E-state index in [0.717, 1.165) is 23.7 Å². The summed E-state index contributed by atoms with van der Waals surface area (Å²) >= 11 is 1.52. The third kappa shape index (κ3) is 4.17. The number of hydrogen-bond acceptors (Lipinski definition) is 6. The van der Waals surface area contributed by atoms with E-state index < -0.39 is 0 Å². The molecule has 27 heavy (non-hydrogen) atoms. The lowest BCUT2D eigenvalue weighted by atomic mass is 10.2. The Kier molecular flexibility index (Phi) is 5.87. The molecule has 0 aliphatic heterocycles. The van der Waals surface area contributed by atoms with E-state index in [2.05, 4.69) is 39.5 Å². The fourth-order valence-electron chi connectivity index (χ4n) is 2.71. The first-order valence-electron chi connectivity index (χ1n) is 8.62. The number of benzene rings is 1. The second-order valence-corrected chi connectivity index (χ2v) is 6.70. The zero-order valence-corrected chi connectivity index (χ0v) is 16.0. The quantitative estimate of drug-likeness (QED) is 0.430. The van der Waals surface area contributed by atoms with Gasteiger partial charge in [0.15, 0.2) is 0 Å². The lowest BCUT2D eigenvalue weighted by Crippen LogP contribution is -2.21. The van der Waals surface area contributed by atoms with Crippen molar-refractivity contribution in [3.63, 3.8) is 0 Å². The summed E-state index contributed by atoms with van der Waals surface area (Å²) in [6.07, 6.45) is 2.89. The molecular formula is C19H21N5O2S. The van der Waals surface area contributed by atoms with E-state index in [4.69, 9.17) is 0 Å². The number of nitrogens with one attached hydrogen (secondary N) is 2. The highest BCUT2D eigenvalue weighted by atomic mass is 32.1. The number of hydrazone groups is 1. The molecule has 3 N–H and O–H groups in total. The van der Waals surface area contributed by atoms with Gasteiger partial charge in [-0.25, -0.2) is 5.43 Å². The smallest absolute Gasteiger partial charge is 0.275 e. The number of aromatic nitrogens is 2. The molecule has 1 aromatic carbocycles. The van der Waals surface area contributed by atoms with Crippen molar-refractivity contribution in [2.75, 3.05) is 18.0 Å². The summed E-state index contributed by atoms with van der Waals surface area (Å²) in [6.45, 7) is 5.84. The van der Waals surface area contributed by atoms with Gasteiger partial charge in [0.05, 0.1) is 28.5 Å². The number of carbonyl (C=O) groups excluding carboxylic acids is 1. The number of aromatic amines is 1. The number of H-pyrrole nitrogens is 1. The molecule has 8 heteroatoms. The third-order valence-electron chi connectivity index (χ3n) is 4.16. The van der Waals surface area contributed by atoms with Crippen molar-refractivity contribution in [3.8, 4) is 16.3 Å². The molecule has 0 radical (unpaired) electrons. The van der Waals surface area contributed by atoms with Crippen molar-refractivity contribution in [2.24, 2.45) is 5.10 Å². The Balaban J connectivity index is 1.69. The van der Waals surface area contributed by atoms with Gasteiger partial charge >= 0.3 is 0 Å². The van der Waals surface area contributed by atoms with Gasteiger partial charge in [-0.1, -0.05) is 6.07 Å². The molecular weight excluding hydrogens is 362 g/mol. The van der Waals surface area contributed by atoms with Crippen LogP contribution < -0.4 is 10.3 Å². The molecule has 2 heterocycles. The Morgan fingerprint density at radius 2 is 2.19 bits per heavy atom. The maximum Gasteiger partial charge on any atom is 0.275 e. The summed E-state index contributed by atoms with van der Waals surface area (Å²) in [5.74, 6) is -0.261. The van der Waals surface area contributed by atoms with Crippen LogP contribution in [0.25, 0.3) is 10.6 Å². The maximum absolute atomic E-state index is 12.4. The minimum Gasteiger partial charge on any atom is -0.507 e. The van der Waals surface area contributed by atoms with E-state index in [9.17, 15) is 9.90 Å². The molecule has 0 saturated heterocycles. The molecule has 3 rings (SSSR count). The molecule has 1 amide bonds. The average Bonchev–Trinajstić information content (AvgIpc) is 3.35. The number of aromatic hydroxyl groups is 1. The number of carbonyl (C=O) groups is 1. The fourth-order valence-corrected chi connectivity index (χ4v) is 3.45. The Morgan fingerprint density at radius 3 is 2.85 bits per heavy atom. The van der Waals surface area contributed by atoms with Gasteiger partial charge in [-0.3, -0.25) is 9.89 Å². The van der Waals surface area contributed by atoms with Gasteiger partial charge in [0.1, 0.15) is 5.75 Å². The highest BCUT2D eigenvalue weighted by Crippen LogP contribution is 2.26. The zero-order valence-electron chi connectivity index (χ0n) is 15.1. The summed E-state index contributed by atoms with van der Waals surface area (Å²) in [5.41, 5.74) is 5.01. The number of anilines is 1. The molecule has 0 unspecified atom stereocenters. The highest BCUT2D eigenvalue weighted by Gasteiger charge is 2.15. The average molecular weight is 383 g/mol. The van der Waals surface area contributed by atoms with Crippen molar-refractivity contribution in [3.05, 3.63) is 53.0 Å². The van der Waals surface area contributed by atoms with Crippen LogP contribution in [0.3, 0.4) is 0 Å². The lowest BCUT2D eigenvalue weighted by molar-refractivity contribution is 0.0956. The molecule has 0 spiro atoms. The summed E-state index contributed by atoms with van der Waals surface area (Å²) in [4.78, 5) is 15.4. The fraction of sp³-hybridized carbons (Fsp3) is 0.211. The van der Waals surface area contributed by atoms with Gasteiger partial charge < -0.3 is 10.0 Å². The highest BCUT2D eigenvalue weighted by molar-refractivity contribution is 7.13. The van der Waals surface area contributed by atoms with Crippen molar-refractivity contribution in [1.29, 1.82) is 0 Å². The summed E-state index contributed by atoms with van der Waals surface area (Å²) in [6, 6.07) is 9.20. The number of thiophene rings is 1. The number of phenolic OH excluding ortho intramolecular Hbond substituents is 1. The van der Waals surface area contributed by atoms with Crippen LogP contribution in [0.15, 0.2) is 47.0 Å². The van der Waals surface area contributed by atoms with Crippen LogP contribution in [0.4, 0.5) is 5.69 Å². The van der Waals surface area contributed by atoms with E-state index in [1.165, 1.54) is 23.7 Å². The first-order chi connectivity index (χ1) is 13.1. The second kappa shape index (κ2) is 8.50. The summed E-state index contributed by atoms with van der Waals surface area (Å²) < 4.78 is 0. The van der Waals surface area contributed by atoms with Gasteiger partial charge in [-0.15, -0.1) is 11.3 Å². The molecule has 140 valence electrons. The molecule has 7 nitrogen and oxygen atoms in total. The molecule has 0 aliphatic rings. The number of rotatable bonds is 7. The van der Waals surface area contributed by atoms with Crippen LogP contribution >= 0.6 is 11.3 Å². The predicted molar refractivity (Wildman–Crippen MR) is 109 cm³/mol. The van der Waals surface area contributed by atoms with Crippen LogP contribution in [0.5, 0.6) is 5.75 Å². The molecule has 0 aliphatic carbocycles. The Hall–Kier alpha value is -3.13. The number of nitrogens with zero attached hydrogens (tertiary/aromatic N) is 3. The molecule has 0 bridgehead atoms. The molecule has 0 fully saturated rings. The lowest BCUT2D eigenvalue weighted by Gasteiger charge is -2.21. The predicted octanol–water partition coefficient (Wildman–Crippen LogP) is 3.45. The molecule has 2 aromatic heterocycles. The van der Waals surface area contributed by atoms with Gasteiger partial charge in [0.2, 0.25) is 0 Å². The largest absolute Gasteiger partial charge is 0.507 e. The van der Waals surface area contributed by atoms with E-state index >= 15 is 0 Å². The molecule has 0 saturated carbocycles. The molecule has 0 atom stereocenters. The third-order valence-corrected chi connectivity index (χ3v) is 5.05. The number of phenols is 1. The van der Waals surface area contributed by atoms with Gasteiger partial charge in [-0.05, 0) is 37.4 Å². The Labute approximate surface area is 161 Å². The maximum atomic E-state index is 12.4. The van der Waals surface area contributed by atoms with Crippen LogP contribution in [-0.4, -0.2) is 40.5 Å². The summed E-state index contributed by atoms with van der Waals surface area (Å²) in [5, 5.41) is 22.9. The van der Waals surface area contributed by atoms with Crippen molar-refractivity contribution in [1.82, 2.24) is 15.6 Å². The van der Waals surface area contributed by atoms with Crippen LogP contribution in [0.2, 0.25) is 0 Å². The van der Waals surface area contributed by atoms with Crippen molar-refractivity contribution < 1.29 is 9.90 Å². The standard InChI is InChI=1S/C19H21N5O2S/c1-3-24(4-2)14-8-7-13(16(25)10-14)11-20-23-19(26)15-12-21-22-18(15)17-6-5-9-27-17/h5-12,25H,3-4H2,1-2H3,(H,21,22)(H,23,26)/b20-11+. The minimum atomic E-state index is -0.373. The van der Waals surface area contributed by atoms with Crippen LogP contribution in [-0.2, 0) is 0 Å². The topological polar surface area (TPSA) is 93.6 Å². The Morgan fingerprint density at radius 1 is 1.37 bits per heavy atom. The molecule has 3 aromatic rings. The van der Waals surface area contributed by atoms with Crippen LogP contribution in [0, 0.1) is 0 Å². The van der Waals surface area contributed by atoms with Gasteiger partial charge in [-0.2, -0.15) is 10.2 Å². The first-order valence-corrected chi connectivity index (χ1v) is 9.50.